The fraction of sp³-hybridized carbons (Fsp3) is 0.0833. The largest absolute Gasteiger partial charge is 0.341 e. The normalized spacial score (nSPS) is 11.8. The number of benzene rings is 3. The van der Waals surface area contributed by atoms with Crippen LogP contribution in [0.25, 0.3) is 17.2 Å². The lowest BCUT2D eigenvalue weighted by atomic mass is 10.1. The third-order valence-electron chi connectivity index (χ3n) is 4.24. The summed E-state index contributed by atoms with van der Waals surface area (Å²) in [5.74, 6) is -0.583. The molecule has 3 aromatic carbocycles. The van der Waals surface area contributed by atoms with E-state index in [9.17, 15) is 9.59 Å². The standard InChI is InChI=1S/C24H22N2O2/c1-18(25-23(27)17-12-19-8-4-2-5-9-19)24(28)26-22-15-13-21(14-16-22)20-10-6-3-7-11-20/h2-18H,1H3,(H,25,27)(H,26,28)/b17-12+/t18-/m0/s1. The van der Waals surface area contributed by atoms with Crippen molar-refractivity contribution < 1.29 is 9.59 Å². The van der Waals surface area contributed by atoms with Crippen LogP contribution >= 0.6 is 0 Å². The second-order valence-corrected chi connectivity index (χ2v) is 6.41. The van der Waals surface area contributed by atoms with Crippen molar-refractivity contribution in [2.24, 2.45) is 0 Å². The summed E-state index contributed by atoms with van der Waals surface area (Å²) in [5.41, 5.74) is 3.80. The first-order valence-corrected chi connectivity index (χ1v) is 9.12. The number of carbonyl (C=O) groups excluding carboxylic acids is 2. The molecule has 3 aromatic rings. The van der Waals surface area contributed by atoms with Crippen LogP contribution in [0, 0.1) is 0 Å². The molecule has 0 aromatic heterocycles. The molecule has 0 heterocycles. The Hall–Kier alpha value is -3.66. The summed E-state index contributed by atoms with van der Waals surface area (Å²) < 4.78 is 0. The molecule has 140 valence electrons. The van der Waals surface area contributed by atoms with E-state index in [1.165, 1.54) is 6.08 Å². The van der Waals surface area contributed by atoms with Crippen molar-refractivity contribution in [1.29, 1.82) is 0 Å². The summed E-state index contributed by atoms with van der Waals surface area (Å²) in [6, 6.07) is 26.5. The fourth-order valence-corrected chi connectivity index (χ4v) is 2.69. The monoisotopic (exact) mass is 370 g/mol. The molecule has 3 rings (SSSR count). The lowest BCUT2D eigenvalue weighted by Gasteiger charge is -2.13. The van der Waals surface area contributed by atoms with Gasteiger partial charge in [-0.25, -0.2) is 0 Å². The molecule has 28 heavy (non-hydrogen) atoms. The Morgan fingerprint density at radius 3 is 2.00 bits per heavy atom. The second-order valence-electron chi connectivity index (χ2n) is 6.41. The van der Waals surface area contributed by atoms with Gasteiger partial charge in [-0.2, -0.15) is 0 Å². The summed E-state index contributed by atoms with van der Waals surface area (Å²) in [6.07, 6.45) is 3.13. The molecule has 0 fully saturated rings. The van der Waals surface area contributed by atoms with Crippen LogP contribution in [0.2, 0.25) is 0 Å². The maximum absolute atomic E-state index is 12.3. The maximum atomic E-state index is 12.3. The SMILES string of the molecule is C[C@H](NC(=O)/C=C/c1ccccc1)C(=O)Nc1ccc(-c2ccccc2)cc1. The van der Waals surface area contributed by atoms with E-state index in [-0.39, 0.29) is 11.8 Å². The van der Waals surface area contributed by atoms with Crippen LogP contribution in [-0.4, -0.2) is 17.9 Å². The first-order chi connectivity index (χ1) is 13.6. The van der Waals surface area contributed by atoms with Gasteiger partial charge in [0.25, 0.3) is 0 Å². The molecule has 1 atom stereocenters. The Labute approximate surface area is 164 Å². The van der Waals surface area contributed by atoms with Crippen LogP contribution in [0.15, 0.2) is 91.0 Å². The molecule has 4 heteroatoms. The molecule has 2 N–H and O–H groups in total. The average molecular weight is 370 g/mol. The van der Waals surface area contributed by atoms with Gasteiger partial charge in [-0.3, -0.25) is 9.59 Å². The number of anilines is 1. The molecule has 0 saturated carbocycles. The predicted octanol–water partition coefficient (Wildman–Crippen LogP) is 4.51. The number of amides is 2. The highest BCUT2D eigenvalue weighted by atomic mass is 16.2. The zero-order chi connectivity index (χ0) is 19.8. The molecule has 4 nitrogen and oxygen atoms in total. The zero-order valence-electron chi connectivity index (χ0n) is 15.6. The van der Waals surface area contributed by atoms with E-state index in [2.05, 4.69) is 10.6 Å². The molecular weight excluding hydrogens is 348 g/mol. The van der Waals surface area contributed by atoms with Gasteiger partial charge in [-0.1, -0.05) is 72.8 Å². The van der Waals surface area contributed by atoms with Crippen molar-refractivity contribution in [3.63, 3.8) is 0 Å². The third-order valence-corrected chi connectivity index (χ3v) is 4.24. The number of hydrogen-bond acceptors (Lipinski definition) is 2. The van der Waals surface area contributed by atoms with Gasteiger partial charge in [0.15, 0.2) is 0 Å². The molecule has 0 aliphatic rings. The lowest BCUT2D eigenvalue weighted by molar-refractivity contribution is -0.123. The Morgan fingerprint density at radius 2 is 1.36 bits per heavy atom. The topological polar surface area (TPSA) is 58.2 Å². The average Bonchev–Trinajstić information content (AvgIpc) is 2.74. The van der Waals surface area contributed by atoms with Gasteiger partial charge < -0.3 is 10.6 Å². The van der Waals surface area contributed by atoms with Crippen molar-refractivity contribution in [1.82, 2.24) is 5.32 Å². The number of carbonyl (C=O) groups is 2. The first kappa shape index (κ1) is 19.1. The Kier molecular flexibility index (Phi) is 6.37. The highest BCUT2D eigenvalue weighted by Crippen LogP contribution is 2.21. The first-order valence-electron chi connectivity index (χ1n) is 9.12. The Morgan fingerprint density at radius 1 is 0.786 bits per heavy atom. The summed E-state index contributed by atoms with van der Waals surface area (Å²) in [6.45, 7) is 1.65. The van der Waals surface area contributed by atoms with E-state index < -0.39 is 6.04 Å². The van der Waals surface area contributed by atoms with Crippen molar-refractivity contribution >= 4 is 23.6 Å². The van der Waals surface area contributed by atoms with Gasteiger partial charge in [-0.15, -0.1) is 0 Å². The van der Waals surface area contributed by atoms with Crippen molar-refractivity contribution in [3.05, 3.63) is 96.6 Å². The summed E-state index contributed by atoms with van der Waals surface area (Å²) >= 11 is 0. The van der Waals surface area contributed by atoms with Crippen LogP contribution in [-0.2, 0) is 9.59 Å². The van der Waals surface area contributed by atoms with Crippen LogP contribution in [0.3, 0.4) is 0 Å². The number of nitrogens with one attached hydrogen (secondary N) is 2. The van der Waals surface area contributed by atoms with E-state index >= 15 is 0 Å². The lowest BCUT2D eigenvalue weighted by Crippen LogP contribution is -2.40. The number of hydrogen-bond donors (Lipinski definition) is 2. The van der Waals surface area contributed by atoms with Gasteiger partial charge in [-0.05, 0) is 41.8 Å². The van der Waals surface area contributed by atoms with E-state index in [0.29, 0.717) is 5.69 Å². The van der Waals surface area contributed by atoms with Crippen LogP contribution in [0.4, 0.5) is 5.69 Å². The highest BCUT2D eigenvalue weighted by Gasteiger charge is 2.14. The van der Waals surface area contributed by atoms with E-state index in [1.807, 2.05) is 84.9 Å². The van der Waals surface area contributed by atoms with Crippen LogP contribution < -0.4 is 10.6 Å². The van der Waals surface area contributed by atoms with Gasteiger partial charge in [0.05, 0.1) is 0 Å². The van der Waals surface area contributed by atoms with Gasteiger partial charge in [0, 0.05) is 11.8 Å². The summed E-state index contributed by atoms with van der Waals surface area (Å²) in [4.78, 5) is 24.3. The molecule has 0 unspecified atom stereocenters. The fourth-order valence-electron chi connectivity index (χ4n) is 2.69. The van der Waals surface area contributed by atoms with E-state index in [1.54, 1.807) is 13.0 Å². The summed E-state index contributed by atoms with van der Waals surface area (Å²) in [5, 5.41) is 5.49. The second kappa shape index (κ2) is 9.33. The van der Waals surface area contributed by atoms with Crippen molar-refractivity contribution in [3.8, 4) is 11.1 Å². The minimum Gasteiger partial charge on any atom is -0.341 e. The molecule has 0 aliphatic heterocycles. The predicted molar refractivity (Wildman–Crippen MR) is 114 cm³/mol. The smallest absolute Gasteiger partial charge is 0.246 e. The minimum atomic E-state index is -0.651. The quantitative estimate of drug-likeness (QED) is 0.627. The zero-order valence-corrected chi connectivity index (χ0v) is 15.6. The Balaban J connectivity index is 1.54. The van der Waals surface area contributed by atoms with Crippen molar-refractivity contribution in [2.45, 2.75) is 13.0 Å². The number of rotatable bonds is 6. The van der Waals surface area contributed by atoms with E-state index in [0.717, 1.165) is 16.7 Å². The van der Waals surface area contributed by atoms with E-state index in [4.69, 9.17) is 0 Å². The van der Waals surface area contributed by atoms with Gasteiger partial charge in [0.2, 0.25) is 11.8 Å². The molecule has 0 bridgehead atoms. The van der Waals surface area contributed by atoms with Gasteiger partial charge >= 0.3 is 0 Å². The third kappa shape index (κ3) is 5.42. The molecule has 0 radical (unpaired) electrons. The highest BCUT2D eigenvalue weighted by molar-refractivity contribution is 5.99. The molecule has 0 saturated heterocycles. The molecule has 0 spiro atoms. The van der Waals surface area contributed by atoms with Crippen LogP contribution in [0.1, 0.15) is 12.5 Å². The maximum Gasteiger partial charge on any atom is 0.246 e. The van der Waals surface area contributed by atoms with Crippen LogP contribution in [0.5, 0.6) is 0 Å². The molecule has 2 amide bonds. The summed E-state index contributed by atoms with van der Waals surface area (Å²) in [7, 11) is 0. The molecular formula is C24H22N2O2. The van der Waals surface area contributed by atoms with Gasteiger partial charge in [0.1, 0.15) is 6.04 Å². The van der Waals surface area contributed by atoms with Crippen molar-refractivity contribution in [2.75, 3.05) is 5.32 Å². The Bertz CT molecular complexity index is 949. The minimum absolute atomic E-state index is 0.270. The molecule has 0 aliphatic carbocycles.